The summed E-state index contributed by atoms with van der Waals surface area (Å²) >= 11 is 1.62. The van der Waals surface area contributed by atoms with Crippen molar-refractivity contribution in [2.75, 3.05) is 5.32 Å². The molecule has 21 heavy (non-hydrogen) atoms. The highest BCUT2D eigenvalue weighted by Crippen LogP contribution is 2.18. The molecular weight excluding hydrogens is 288 g/mol. The summed E-state index contributed by atoms with van der Waals surface area (Å²) in [6.45, 7) is 2.60. The van der Waals surface area contributed by atoms with Crippen LogP contribution in [0.4, 0.5) is 5.69 Å². The number of carbonyl (C=O) groups is 2. The minimum absolute atomic E-state index is 0.243. The van der Waals surface area contributed by atoms with E-state index in [-0.39, 0.29) is 11.1 Å². The van der Waals surface area contributed by atoms with Crippen LogP contribution in [0.2, 0.25) is 0 Å². The van der Waals surface area contributed by atoms with Gasteiger partial charge in [0.1, 0.15) is 0 Å². The van der Waals surface area contributed by atoms with Gasteiger partial charge in [0.15, 0.2) is 0 Å². The van der Waals surface area contributed by atoms with E-state index >= 15 is 0 Å². The van der Waals surface area contributed by atoms with E-state index < -0.39 is 11.8 Å². The molecular formula is C14H16N4O2S. The summed E-state index contributed by atoms with van der Waals surface area (Å²) in [6, 6.07) is 4.57. The molecule has 0 bridgehead atoms. The molecule has 1 aromatic heterocycles. The summed E-state index contributed by atoms with van der Waals surface area (Å²) < 4.78 is 0. The summed E-state index contributed by atoms with van der Waals surface area (Å²) in [4.78, 5) is 27.9. The van der Waals surface area contributed by atoms with Crippen LogP contribution in [0.5, 0.6) is 0 Å². The van der Waals surface area contributed by atoms with Crippen molar-refractivity contribution in [3.05, 3.63) is 45.4 Å². The number of carbonyl (C=O) groups excluding carboxylic acids is 2. The highest BCUT2D eigenvalue weighted by molar-refractivity contribution is 7.11. The number of nitrogens with zero attached hydrogens (tertiary/aromatic N) is 1. The summed E-state index contributed by atoms with van der Waals surface area (Å²) in [5, 5.41) is 4.21. The van der Waals surface area contributed by atoms with Gasteiger partial charge in [-0.25, -0.2) is 4.98 Å². The Morgan fingerprint density at radius 1 is 1.19 bits per heavy atom. The van der Waals surface area contributed by atoms with E-state index in [1.807, 2.05) is 13.1 Å². The lowest BCUT2D eigenvalue weighted by Crippen LogP contribution is -2.16. The second-order valence-corrected chi connectivity index (χ2v) is 5.65. The number of hydrogen-bond acceptors (Lipinski definition) is 5. The van der Waals surface area contributed by atoms with Crippen molar-refractivity contribution >= 4 is 28.8 Å². The molecule has 110 valence electrons. The maximum Gasteiger partial charge on any atom is 0.248 e. The van der Waals surface area contributed by atoms with Crippen molar-refractivity contribution in [1.82, 2.24) is 4.98 Å². The van der Waals surface area contributed by atoms with Gasteiger partial charge in [-0.1, -0.05) is 6.92 Å². The highest BCUT2D eigenvalue weighted by atomic mass is 32.1. The molecule has 0 radical (unpaired) electrons. The predicted octanol–water partition coefficient (Wildman–Crippen LogP) is 1.52. The van der Waals surface area contributed by atoms with Crippen LogP contribution in [-0.4, -0.2) is 16.8 Å². The largest absolute Gasteiger partial charge is 0.380 e. The van der Waals surface area contributed by atoms with Crippen molar-refractivity contribution in [2.45, 2.75) is 19.9 Å². The Kier molecular flexibility index (Phi) is 4.54. The van der Waals surface area contributed by atoms with Gasteiger partial charge in [0.25, 0.3) is 0 Å². The molecule has 6 nitrogen and oxygen atoms in total. The van der Waals surface area contributed by atoms with Crippen LogP contribution < -0.4 is 16.8 Å². The Balaban J connectivity index is 2.18. The van der Waals surface area contributed by atoms with Gasteiger partial charge in [0, 0.05) is 27.9 Å². The van der Waals surface area contributed by atoms with Gasteiger partial charge in [-0.05, 0) is 24.6 Å². The van der Waals surface area contributed by atoms with Gasteiger partial charge < -0.3 is 16.8 Å². The summed E-state index contributed by atoms with van der Waals surface area (Å²) in [7, 11) is 0. The van der Waals surface area contributed by atoms with Crippen molar-refractivity contribution in [3.8, 4) is 0 Å². The molecule has 2 amide bonds. The molecule has 0 aliphatic rings. The van der Waals surface area contributed by atoms with Crippen LogP contribution in [0.15, 0.2) is 24.4 Å². The van der Waals surface area contributed by atoms with Crippen LogP contribution in [0.1, 0.15) is 37.5 Å². The Morgan fingerprint density at radius 2 is 1.81 bits per heavy atom. The van der Waals surface area contributed by atoms with Crippen molar-refractivity contribution in [3.63, 3.8) is 0 Å². The average Bonchev–Trinajstić information content (AvgIpc) is 2.92. The zero-order valence-corrected chi connectivity index (χ0v) is 12.4. The average molecular weight is 304 g/mol. The number of aryl methyl sites for hydroxylation is 1. The van der Waals surface area contributed by atoms with Crippen LogP contribution in [0, 0.1) is 0 Å². The molecule has 2 aromatic rings. The zero-order valence-electron chi connectivity index (χ0n) is 11.6. The number of nitrogens with two attached hydrogens (primary N) is 2. The standard InChI is InChI=1S/C14H16N4O2S/c1-2-12-18-7-11(21-12)6-17-10-4-8(13(15)19)3-9(5-10)14(16)20/h3-5,7,17H,2,6H2,1H3,(H2,15,19)(H2,16,20). The SMILES string of the molecule is CCc1ncc(CNc2cc(C(N)=O)cc(C(N)=O)c2)s1. The van der Waals surface area contributed by atoms with E-state index in [0.717, 1.165) is 16.3 Å². The lowest BCUT2D eigenvalue weighted by atomic mass is 10.1. The Labute approximate surface area is 126 Å². The number of benzene rings is 1. The molecule has 0 saturated carbocycles. The maximum absolute atomic E-state index is 11.3. The molecule has 2 rings (SSSR count). The molecule has 1 heterocycles. The number of nitrogens with one attached hydrogen (secondary N) is 1. The van der Waals surface area contributed by atoms with Gasteiger partial charge in [0.05, 0.1) is 11.6 Å². The number of primary amides is 2. The van der Waals surface area contributed by atoms with Gasteiger partial charge >= 0.3 is 0 Å². The van der Waals surface area contributed by atoms with Crippen molar-refractivity contribution in [1.29, 1.82) is 0 Å². The predicted molar refractivity (Wildman–Crippen MR) is 82.3 cm³/mol. The maximum atomic E-state index is 11.3. The number of anilines is 1. The Hall–Kier alpha value is -2.41. The van der Waals surface area contributed by atoms with E-state index in [2.05, 4.69) is 10.3 Å². The molecule has 0 saturated heterocycles. The lowest BCUT2D eigenvalue weighted by Gasteiger charge is -2.08. The molecule has 0 atom stereocenters. The summed E-state index contributed by atoms with van der Waals surface area (Å²) in [5.74, 6) is -1.21. The molecule has 5 N–H and O–H groups in total. The fourth-order valence-corrected chi connectivity index (χ4v) is 2.60. The zero-order chi connectivity index (χ0) is 15.4. The van der Waals surface area contributed by atoms with Crippen LogP contribution in [0.25, 0.3) is 0 Å². The number of hydrogen-bond donors (Lipinski definition) is 3. The van der Waals surface area contributed by atoms with Crippen LogP contribution in [-0.2, 0) is 13.0 Å². The van der Waals surface area contributed by atoms with Crippen molar-refractivity contribution < 1.29 is 9.59 Å². The third kappa shape index (κ3) is 3.79. The number of aromatic nitrogens is 1. The molecule has 0 aliphatic heterocycles. The van der Waals surface area contributed by atoms with Crippen molar-refractivity contribution in [2.24, 2.45) is 11.5 Å². The molecule has 0 spiro atoms. The molecule has 0 fully saturated rings. The van der Waals surface area contributed by atoms with E-state index in [4.69, 9.17) is 11.5 Å². The normalized spacial score (nSPS) is 10.3. The fraction of sp³-hybridized carbons (Fsp3) is 0.214. The first kappa shape index (κ1) is 15.0. The summed E-state index contributed by atoms with van der Waals surface area (Å²) in [6.07, 6.45) is 2.71. The second-order valence-electron chi connectivity index (χ2n) is 4.45. The summed E-state index contributed by atoms with van der Waals surface area (Å²) in [5.41, 5.74) is 11.6. The first-order valence-electron chi connectivity index (χ1n) is 6.41. The van der Waals surface area contributed by atoms with Gasteiger partial charge in [-0.15, -0.1) is 11.3 Å². The number of thiazole rings is 1. The van der Waals surface area contributed by atoms with Gasteiger partial charge in [-0.2, -0.15) is 0 Å². The monoisotopic (exact) mass is 304 g/mol. The van der Waals surface area contributed by atoms with E-state index in [1.54, 1.807) is 23.5 Å². The topological polar surface area (TPSA) is 111 Å². The van der Waals surface area contributed by atoms with E-state index in [9.17, 15) is 9.59 Å². The quantitative estimate of drug-likeness (QED) is 0.751. The van der Waals surface area contributed by atoms with Gasteiger partial charge in [0.2, 0.25) is 11.8 Å². The Bertz CT molecular complexity index is 649. The highest BCUT2D eigenvalue weighted by Gasteiger charge is 2.09. The molecule has 7 heteroatoms. The number of rotatable bonds is 6. The molecule has 0 unspecified atom stereocenters. The number of amides is 2. The Morgan fingerprint density at radius 3 is 2.29 bits per heavy atom. The van der Waals surface area contributed by atoms with Gasteiger partial charge in [-0.3, -0.25) is 9.59 Å². The third-order valence-electron chi connectivity index (χ3n) is 2.87. The van der Waals surface area contributed by atoms with E-state index in [1.165, 1.54) is 6.07 Å². The second kappa shape index (κ2) is 6.36. The first-order chi connectivity index (χ1) is 9.99. The van der Waals surface area contributed by atoms with E-state index in [0.29, 0.717) is 12.2 Å². The minimum Gasteiger partial charge on any atom is -0.380 e. The van der Waals surface area contributed by atoms with Crippen LogP contribution in [0.3, 0.4) is 0 Å². The lowest BCUT2D eigenvalue weighted by molar-refractivity contribution is 0.0999. The molecule has 1 aromatic carbocycles. The fourth-order valence-electron chi connectivity index (χ4n) is 1.80. The van der Waals surface area contributed by atoms with Crippen LogP contribution >= 0.6 is 11.3 Å². The smallest absolute Gasteiger partial charge is 0.248 e. The minimum atomic E-state index is -0.604. The molecule has 0 aliphatic carbocycles. The third-order valence-corrected chi connectivity index (χ3v) is 4.01. The first-order valence-corrected chi connectivity index (χ1v) is 7.23.